The summed E-state index contributed by atoms with van der Waals surface area (Å²) in [6, 6.07) is 18.0. The van der Waals surface area contributed by atoms with E-state index in [1.54, 1.807) is 37.7 Å². The molecule has 1 aromatic heterocycles. The van der Waals surface area contributed by atoms with E-state index < -0.39 is 64.9 Å². The molecule has 0 bridgehead atoms. The lowest BCUT2D eigenvalue weighted by atomic mass is 9.83. The van der Waals surface area contributed by atoms with Crippen molar-refractivity contribution in [3.63, 3.8) is 0 Å². The number of likely N-dealkylation sites (tertiary alicyclic amines) is 1. The zero-order chi connectivity index (χ0) is 52.1. The molecule has 1 fully saturated rings. The van der Waals surface area contributed by atoms with E-state index in [0.29, 0.717) is 6.42 Å². The molecule has 7 N–H and O–H groups in total. The van der Waals surface area contributed by atoms with E-state index in [-0.39, 0.29) is 67.3 Å². The van der Waals surface area contributed by atoms with Crippen LogP contribution in [0.15, 0.2) is 72.8 Å². The third-order valence-electron chi connectivity index (χ3n) is 14.7. The third kappa shape index (κ3) is 12.2. The molecule has 0 radical (unpaired) electrons. The zero-order valence-corrected chi connectivity index (χ0v) is 43.5. The van der Waals surface area contributed by atoms with Crippen molar-refractivity contribution in [3.05, 3.63) is 112 Å². The summed E-state index contributed by atoms with van der Waals surface area (Å²) in [5.74, 6) is -2.19. The van der Waals surface area contributed by atoms with Crippen LogP contribution in [0.5, 0.6) is 0 Å². The molecule has 18 heteroatoms. The highest BCUT2D eigenvalue weighted by molar-refractivity contribution is 5.95. The van der Waals surface area contributed by atoms with Crippen LogP contribution in [-0.2, 0) is 54.6 Å². The number of tetrazole rings is 1. The van der Waals surface area contributed by atoms with Crippen LogP contribution in [0.1, 0.15) is 132 Å². The Morgan fingerprint density at radius 2 is 1.35 bits per heavy atom. The average Bonchev–Trinajstić information content (AvgIpc) is 4.07. The summed E-state index contributed by atoms with van der Waals surface area (Å²) in [5, 5.41) is 33.0. The summed E-state index contributed by atoms with van der Waals surface area (Å²) in [6.07, 6.45) is 3.46. The SMILES string of the molecule is CNC(C)C(=O)NC(C(=O)N1CC(c2ccc3c(c2)CN(C(=O)C(NC(=O)C(C)NC)C(C)(C)C)C(C(=O)NC2CCCc4ccccc42)C3)CC1C(=O)NC(Cc1ccccc1)c1nn[nH]n1)C(C)(C)C. The number of fused-ring (bicyclic) bond motifs is 2. The van der Waals surface area contributed by atoms with Crippen molar-refractivity contribution in [1.82, 2.24) is 62.3 Å². The lowest BCUT2D eigenvalue weighted by molar-refractivity contribution is -0.147. The van der Waals surface area contributed by atoms with Gasteiger partial charge in [0.25, 0.3) is 0 Å². The molecule has 3 aliphatic rings. The monoisotopic (exact) mass is 987 g/mol. The van der Waals surface area contributed by atoms with Gasteiger partial charge in [0, 0.05) is 31.8 Å². The van der Waals surface area contributed by atoms with Gasteiger partial charge < -0.3 is 41.7 Å². The molecule has 3 aromatic carbocycles. The molecule has 1 saturated heterocycles. The minimum absolute atomic E-state index is 0.0816. The van der Waals surface area contributed by atoms with Gasteiger partial charge in [0.05, 0.1) is 24.2 Å². The van der Waals surface area contributed by atoms with Gasteiger partial charge in [0.15, 0.2) is 5.82 Å². The smallest absolute Gasteiger partial charge is 0.246 e. The van der Waals surface area contributed by atoms with Gasteiger partial charge in [-0.25, -0.2) is 0 Å². The summed E-state index contributed by atoms with van der Waals surface area (Å²) in [7, 11) is 3.35. The number of hydrogen-bond donors (Lipinski definition) is 7. The predicted octanol–water partition coefficient (Wildman–Crippen LogP) is 3.71. The number of amides is 6. The number of aromatic nitrogens is 4. The van der Waals surface area contributed by atoms with Crippen molar-refractivity contribution < 1.29 is 28.8 Å². The van der Waals surface area contributed by atoms with Crippen molar-refractivity contribution >= 4 is 35.4 Å². The summed E-state index contributed by atoms with van der Waals surface area (Å²) in [4.78, 5) is 89.7. The molecule has 9 atom stereocenters. The summed E-state index contributed by atoms with van der Waals surface area (Å²) in [6.45, 7) is 15.0. The number of aromatic amines is 1. The fourth-order valence-electron chi connectivity index (χ4n) is 10.1. The molecule has 9 unspecified atom stereocenters. The molecule has 4 aromatic rings. The standard InChI is InChI=1S/C54H74N12O6/c1-31(55-9)47(67)59-44(53(3,4)5)51(71)65-29-37-26-35(23-24-36(37)27-42(65)49(69)57-40-22-16-20-34-19-14-15-21-39(34)40)38-28-43(66(30-38)52(72)45(54(6,7)8)60-48(68)32(2)56-10)50(70)58-41(46-61-63-64-62-46)25-33-17-12-11-13-18-33/h11-15,17-19,21,23-24,26,31-32,38,40-45,55-56H,16,20,22,25,27-30H2,1-10H3,(H,57,69)(H,58,70)(H,59,67)(H,60,68)(H,61,62,63,64). The lowest BCUT2D eigenvalue weighted by Gasteiger charge is -2.42. The Kier molecular flexibility index (Phi) is 16.6. The van der Waals surface area contributed by atoms with Gasteiger partial charge in [-0.3, -0.25) is 28.8 Å². The van der Waals surface area contributed by atoms with E-state index in [2.05, 4.69) is 64.7 Å². The molecule has 18 nitrogen and oxygen atoms in total. The highest BCUT2D eigenvalue weighted by Gasteiger charge is 2.47. The second-order valence-electron chi connectivity index (χ2n) is 22.0. The number of carbonyl (C=O) groups excluding carboxylic acids is 6. The quantitative estimate of drug-likeness (QED) is 0.0855. The van der Waals surface area contributed by atoms with Crippen LogP contribution in [0.4, 0.5) is 0 Å². The Bertz CT molecular complexity index is 2580. The van der Waals surface area contributed by atoms with Gasteiger partial charge in [-0.15, -0.1) is 10.2 Å². The van der Waals surface area contributed by atoms with Crippen LogP contribution >= 0.6 is 0 Å². The summed E-state index contributed by atoms with van der Waals surface area (Å²) >= 11 is 0. The number of rotatable bonds is 16. The van der Waals surface area contributed by atoms with Crippen molar-refractivity contribution in [2.75, 3.05) is 20.6 Å². The van der Waals surface area contributed by atoms with E-state index in [1.807, 2.05) is 102 Å². The summed E-state index contributed by atoms with van der Waals surface area (Å²) in [5.41, 5.74) is 4.32. The Morgan fingerprint density at radius 1 is 0.722 bits per heavy atom. The molecule has 2 aliphatic heterocycles. The molecule has 0 spiro atoms. The van der Waals surface area contributed by atoms with Crippen LogP contribution in [0, 0.1) is 10.8 Å². The number of nitrogens with zero attached hydrogens (tertiary/aromatic N) is 5. The van der Waals surface area contributed by atoms with Crippen LogP contribution in [0.3, 0.4) is 0 Å². The van der Waals surface area contributed by atoms with Crippen LogP contribution in [0.2, 0.25) is 0 Å². The van der Waals surface area contributed by atoms with Crippen LogP contribution in [0.25, 0.3) is 0 Å². The molecule has 72 heavy (non-hydrogen) atoms. The average molecular weight is 987 g/mol. The third-order valence-corrected chi connectivity index (χ3v) is 14.7. The first-order valence-electron chi connectivity index (χ1n) is 25.3. The van der Waals surface area contributed by atoms with Gasteiger partial charge in [-0.1, -0.05) is 120 Å². The fraction of sp³-hybridized carbons (Fsp3) is 0.537. The first-order chi connectivity index (χ1) is 34.2. The molecule has 386 valence electrons. The minimum Gasteiger partial charge on any atom is -0.347 e. The highest BCUT2D eigenvalue weighted by Crippen LogP contribution is 2.38. The van der Waals surface area contributed by atoms with Gasteiger partial charge in [-0.05, 0) is 97.8 Å². The number of aryl methyl sites for hydroxylation is 1. The molecule has 0 saturated carbocycles. The molecule has 1 aliphatic carbocycles. The van der Waals surface area contributed by atoms with E-state index in [1.165, 1.54) is 5.56 Å². The Balaban J connectivity index is 1.23. The molecular formula is C54H74N12O6. The number of carbonyl (C=O) groups is 6. The zero-order valence-electron chi connectivity index (χ0n) is 43.5. The lowest BCUT2D eigenvalue weighted by Crippen LogP contribution is -2.62. The minimum atomic E-state index is -0.979. The maximum atomic E-state index is 15.1. The van der Waals surface area contributed by atoms with Gasteiger partial charge >= 0.3 is 0 Å². The molecule has 6 amide bonds. The molecule has 7 rings (SSSR count). The van der Waals surface area contributed by atoms with Crippen LogP contribution < -0.4 is 31.9 Å². The van der Waals surface area contributed by atoms with Crippen LogP contribution in [-0.4, -0.2) is 123 Å². The number of likely N-dealkylation sites (N-methyl/N-ethyl adjacent to an activating group) is 2. The Hall–Kier alpha value is -6.53. The second kappa shape index (κ2) is 22.5. The van der Waals surface area contributed by atoms with Gasteiger partial charge in [0.1, 0.15) is 24.2 Å². The topological polar surface area (TPSA) is 236 Å². The normalized spacial score (nSPS) is 21.0. The summed E-state index contributed by atoms with van der Waals surface area (Å²) < 4.78 is 0. The predicted molar refractivity (Wildman–Crippen MR) is 273 cm³/mol. The number of H-pyrrole nitrogens is 1. The van der Waals surface area contributed by atoms with Crippen molar-refractivity contribution in [2.45, 2.75) is 155 Å². The van der Waals surface area contributed by atoms with Crippen molar-refractivity contribution in [1.29, 1.82) is 0 Å². The van der Waals surface area contributed by atoms with E-state index in [4.69, 9.17) is 0 Å². The second-order valence-corrected chi connectivity index (χ2v) is 22.0. The number of hydrogen-bond acceptors (Lipinski definition) is 11. The number of nitrogens with one attached hydrogen (secondary N) is 7. The Labute approximate surface area is 423 Å². The van der Waals surface area contributed by atoms with Crippen molar-refractivity contribution in [2.24, 2.45) is 10.8 Å². The number of benzene rings is 3. The maximum absolute atomic E-state index is 15.1. The highest BCUT2D eigenvalue weighted by atomic mass is 16.2. The Morgan fingerprint density at radius 3 is 1.96 bits per heavy atom. The first-order valence-corrected chi connectivity index (χ1v) is 25.3. The van der Waals surface area contributed by atoms with Gasteiger partial charge in [-0.2, -0.15) is 5.21 Å². The maximum Gasteiger partial charge on any atom is 0.246 e. The molecule has 3 heterocycles. The largest absolute Gasteiger partial charge is 0.347 e. The van der Waals surface area contributed by atoms with E-state index in [0.717, 1.165) is 47.1 Å². The van der Waals surface area contributed by atoms with E-state index in [9.17, 15) is 19.2 Å². The van der Waals surface area contributed by atoms with E-state index >= 15 is 9.59 Å². The fourth-order valence-corrected chi connectivity index (χ4v) is 10.1. The first kappa shape index (κ1) is 53.3. The van der Waals surface area contributed by atoms with Crippen molar-refractivity contribution in [3.8, 4) is 0 Å². The molecular weight excluding hydrogens is 913 g/mol. The van der Waals surface area contributed by atoms with Gasteiger partial charge in [0.2, 0.25) is 35.4 Å².